The number of carbonyl (C=O) groups is 1. The molecule has 2 saturated heterocycles. The summed E-state index contributed by atoms with van der Waals surface area (Å²) in [6.45, 7) is 10.8. The molecular formula is C25H35BrN4O3. The van der Waals surface area contributed by atoms with E-state index in [9.17, 15) is 10.1 Å². The molecule has 0 radical (unpaired) electrons. The standard InChI is InChI=1S/C25H35BrN4O3/c1-5-32-28-22(19-6-8-21(26)9-7-19)20-10-14-30(15-11-20)25(18-27)12-16-29(17-13-25)23(31)33-24(2,3)4/h6-9,20H,5,10-17H2,1-4H3/b28-22-. The van der Waals surface area contributed by atoms with Crippen LogP contribution >= 0.6 is 15.9 Å². The number of rotatable bonds is 5. The van der Waals surface area contributed by atoms with Crippen molar-refractivity contribution >= 4 is 27.7 Å². The highest BCUT2D eigenvalue weighted by Crippen LogP contribution is 2.34. The van der Waals surface area contributed by atoms with Gasteiger partial charge in [-0.05, 0) is 71.1 Å². The second kappa shape index (κ2) is 10.9. The van der Waals surface area contributed by atoms with Crippen molar-refractivity contribution in [2.24, 2.45) is 11.1 Å². The van der Waals surface area contributed by atoms with Crippen LogP contribution in [0.4, 0.5) is 4.79 Å². The summed E-state index contributed by atoms with van der Waals surface area (Å²) in [6, 6.07) is 10.8. The molecular weight excluding hydrogens is 484 g/mol. The summed E-state index contributed by atoms with van der Waals surface area (Å²) in [7, 11) is 0. The first-order valence-corrected chi connectivity index (χ1v) is 12.6. The molecule has 0 N–H and O–H groups in total. The largest absolute Gasteiger partial charge is 0.444 e. The summed E-state index contributed by atoms with van der Waals surface area (Å²) in [5.74, 6) is 0.284. The summed E-state index contributed by atoms with van der Waals surface area (Å²) in [6.07, 6.45) is 2.82. The number of carbonyl (C=O) groups excluding carboxylic acids is 1. The fourth-order valence-electron chi connectivity index (χ4n) is 4.58. The van der Waals surface area contributed by atoms with Crippen molar-refractivity contribution in [3.8, 4) is 6.07 Å². The Morgan fingerprint density at radius 1 is 1.18 bits per heavy atom. The van der Waals surface area contributed by atoms with Gasteiger partial charge in [0.1, 0.15) is 17.7 Å². The van der Waals surface area contributed by atoms with Crippen molar-refractivity contribution in [3.05, 3.63) is 34.3 Å². The van der Waals surface area contributed by atoms with Crippen LogP contribution in [0.3, 0.4) is 0 Å². The van der Waals surface area contributed by atoms with Gasteiger partial charge in [0.05, 0.1) is 11.8 Å². The molecule has 8 heteroatoms. The molecule has 1 aromatic rings. The number of halogens is 1. The molecule has 0 aromatic heterocycles. The first-order valence-electron chi connectivity index (χ1n) is 11.8. The van der Waals surface area contributed by atoms with Crippen LogP contribution < -0.4 is 0 Å². The summed E-state index contributed by atoms with van der Waals surface area (Å²) >= 11 is 3.50. The van der Waals surface area contributed by atoms with Gasteiger partial charge in [0, 0.05) is 36.6 Å². The lowest BCUT2D eigenvalue weighted by atomic mass is 9.82. The molecule has 0 unspecified atom stereocenters. The minimum absolute atomic E-state index is 0.284. The van der Waals surface area contributed by atoms with Gasteiger partial charge in [0.15, 0.2) is 0 Å². The third-order valence-corrected chi connectivity index (χ3v) is 6.90. The van der Waals surface area contributed by atoms with E-state index >= 15 is 0 Å². The van der Waals surface area contributed by atoms with Gasteiger partial charge in [-0.25, -0.2) is 4.79 Å². The van der Waals surface area contributed by atoms with Crippen LogP contribution in [-0.4, -0.2) is 65.5 Å². The Morgan fingerprint density at radius 3 is 2.30 bits per heavy atom. The third-order valence-electron chi connectivity index (χ3n) is 6.37. The van der Waals surface area contributed by atoms with Gasteiger partial charge in [-0.3, -0.25) is 4.90 Å². The highest BCUT2D eigenvalue weighted by Gasteiger charge is 2.43. The Kier molecular flexibility index (Phi) is 8.41. The number of hydrogen-bond acceptors (Lipinski definition) is 6. The number of nitrogens with zero attached hydrogens (tertiary/aromatic N) is 4. The maximum Gasteiger partial charge on any atom is 0.410 e. The number of amides is 1. The second-order valence-electron chi connectivity index (χ2n) is 9.77. The lowest BCUT2D eigenvalue weighted by Gasteiger charge is -2.47. The fourth-order valence-corrected chi connectivity index (χ4v) is 4.85. The van der Waals surface area contributed by atoms with Crippen molar-refractivity contribution in [3.63, 3.8) is 0 Å². The molecule has 0 atom stereocenters. The molecule has 2 aliphatic rings. The first kappa shape index (κ1) is 25.5. The summed E-state index contributed by atoms with van der Waals surface area (Å²) in [5.41, 5.74) is 1.01. The number of nitriles is 1. The highest BCUT2D eigenvalue weighted by molar-refractivity contribution is 9.10. The van der Waals surface area contributed by atoms with Crippen LogP contribution in [0.25, 0.3) is 0 Å². The number of oxime groups is 1. The van der Waals surface area contributed by atoms with Gasteiger partial charge in [0.2, 0.25) is 0 Å². The van der Waals surface area contributed by atoms with Gasteiger partial charge >= 0.3 is 6.09 Å². The lowest BCUT2D eigenvalue weighted by molar-refractivity contribution is 0.00179. The molecule has 2 heterocycles. The Labute approximate surface area is 205 Å². The van der Waals surface area contributed by atoms with E-state index in [1.807, 2.05) is 39.8 Å². The van der Waals surface area contributed by atoms with Crippen LogP contribution in [0.15, 0.2) is 33.9 Å². The molecule has 0 aliphatic carbocycles. The number of ether oxygens (including phenoxy) is 1. The van der Waals surface area contributed by atoms with Gasteiger partial charge < -0.3 is 14.5 Å². The van der Waals surface area contributed by atoms with Crippen molar-refractivity contribution < 1.29 is 14.4 Å². The summed E-state index contributed by atoms with van der Waals surface area (Å²) < 4.78 is 6.54. The topological polar surface area (TPSA) is 78.2 Å². The van der Waals surface area contributed by atoms with Crippen molar-refractivity contribution in [1.29, 1.82) is 5.26 Å². The van der Waals surface area contributed by atoms with Gasteiger partial charge in [-0.2, -0.15) is 5.26 Å². The van der Waals surface area contributed by atoms with Gasteiger partial charge in [-0.15, -0.1) is 0 Å². The predicted octanol–water partition coefficient (Wildman–Crippen LogP) is 5.19. The zero-order valence-electron chi connectivity index (χ0n) is 20.1. The Balaban J connectivity index is 1.63. The molecule has 2 aliphatic heterocycles. The summed E-state index contributed by atoms with van der Waals surface area (Å²) in [4.78, 5) is 21.9. The quantitative estimate of drug-likeness (QED) is 0.395. The van der Waals surface area contributed by atoms with E-state index in [-0.39, 0.29) is 12.0 Å². The zero-order chi connectivity index (χ0) is 24.1. The van der Waals surface area contributed by atoms with Crippen molar-refractivity contribution in [1.82, 2.24) is 9.80 Å². The number of likely N-dealkylation sites (tertiary alicyclic amines) is 2. The average Bonchev–Trinajstić information content (AvgIpc) is 2.80. The maximum atomic E-state index is 12.4. The van der Waals surface area contributed by atoms with E-state index in [1.54, 1.807) is 4.90 Å². The minimum Gasteiger partial charge on any atom is -0.444 e. The third kappa shape index (κ3) is 6.48. The molecule has 180 valence electrons. The van der Waals surface area contributed by atoms with E-state index in [0.29, 0.717) is 32.5 Å². The molecule has 7 nitrogen and oxygen atoms in total. The van der Waals surface area contributed by atoms with E-state index in [4.69, 9.17) is 9.57 Å². The molecule has 33 heavy (non-hydrogen) atoms. The summed E-state index contributed by atoms with van der Waals surface area (Å²) in [5, 5.41) is 14.6. The lowest BCUT2D eigenvalue weighted by Crippen LogP contribution is -2.58. The van der Waals surface area contributed by atoms with E-state index in [1.165, 1.54) is 0 Å². The highest BCUT2D eigenvalue weighted by atomic mass is 79.9. The normalized spacial score (nSPS) is 20.2. The molecule has 3 rings (SSSR count). The number of benzene rings is 1. The molecule has 2 fully saturated rings. The minimum atomic E-state index is -0.529. The van der Waals surface area contributed by atoms with Crippen LogP contribution in [0, 0.1) is 17.2 Å². The fraction of sp³-hybridized carbons (Fsp3) is 0.640. The Bertz CT molecular complexity index is 872. The van der Waals surface area contributed by atoms with E-state index in [0.717, 1.165) is 41.7 Å². The van der Waals surface area contributed by atoms with Crippen LogP contribution in [0.1, 0.15) is 58.9 Å². The molecule has 0 bridgehead atoms. The van der Waals surface area contributed by atoms with Crippen molar-refractivity contribution in [2.75, 3.05) is 32.8 Å². The number of hydrogen-bond donors (Lipinski definition) is 0. The first-order chi connectivity index (χ1) is 15.7. The SMILES string of the molecule is CCO/N=C(/c1ccc(Br)cc1)C1CCN(C2(C#N)CCN(C(=O)OC(C)(C)C)CC2)CC1. The van der Waals surface area contributed by atoms with Crippen molar-refractivity contribution in [2.45, 2.75) is 64.5 Å². The van der Waals surface area contributed by atoms with E-state index < -0.39 is 11.1 Å². The van der Waals surface area contributed by atoms with Crippen LogP contribution in [-0.2, 0) is 9.57 Å². The maximum absolute atomic E-state index is 12.4. The average molecular weight is 519 g/mol. The van der Waals surface area contributed by atoms with E-state index in [2.05, 4.69) is 44.2 Å². The number of piperidine rings is 2. The monoisotopic (exact) mass is 518 g/mol. The van der Waals surface area contributed by atoms with Gasteiger partial charge in [0.25, 0.3) is 0 Å². The van der Waals surface area contributed by atoms with Crippen LogP contribution in [0.5, 0.6) is 0 Å². The Morgan fingerprint density at radius 2 is 1.79 bits per heavy atom. The van der Waals surface area contributed by atoms with Gasteiger partial charge in [-0.1, -0.05) is 33.2 Å². The smallest absolute Gasteiger partial charge is 0.410 e. The van der Waals surface area contributed by atoms with Crippen LogP contribution in [0.2, 0.25) is 0 Å². The predicted molar refractivity (Wildman–Crippen MR) is 132 cm³/mol. The zero-order valence-corrected chi connectivity index (χ0v) is 21.7. The molecule has 1 aromatic carbocycles. The molecule has 0 saturated carbocycles. The molecule has 0 spiro atoms. The molecule has 1 amide bonds. The Hall–Kier alpha value is -2.11. The second-order valence-corrected chi connectivity index (χ2v) is 10.7.